The zero-order valence-electron chi connectivity index (χ0n) is 11.7. The Morgan fingerprint density at radius 1 is 1.29 bits per heavy atom. The van der Waals surface area contributed by atoms with E-state index in [1.807, 2.05) is 4.90 Å². The molecule has 21 heavy (non-hydrogen) atoms. The summed E-state index contributed by atoms with van der Waals surface area (Å²) < 4.78 is 19.4. The number of alkyl halides is 2. The van der Waals surface area contributed by atoms with Gasteiger partial charge >= 0.3 is 0 Å². The summed E-state index contributed by atoms with van der Waals surface area (Å²) in [6.07, 6.45) is 0. The van der Waals surface area contributed by atoms with Crippen LogP contribution in [0.1, 0.15) is 5.56 Å². The van der Waals surface area contributed by atoms with Crippen molar-refractivity contribution in [2.24, 2.45) is 0 Å². The average Bonchev–Trinajstić information content (AvgIpc) is 2.54. The Morgan fingerprint density at radius 3 is 2.48 bits per heavy atom. The van der Waals surface area contributed by atoms with Gasteiger partial charge in [-0.2, -0.15) is 0 Å². The number of hydrogen-bond donors (Lipinski definition) is 0. The molecule has 1 fully saturated rings. The van der Waals surface area contributed by atoms with Gasteiger partial charge in [0.1, 0.15) is 17.4 Å². The highest BCUT2D eigenvalue weighted by molar-refractivity contribution is 6.27. The van der Waals surface area contributed by atoms with Gasteiger partial charge < -0.3 is 14.5 Å². The zero-order valence-corrected chi connectivity index (χ0v) is 13.3. The molecule has 1 heterocycles. The summed E-state index contributed by atoms with van der Waals surface area (Å²) in [6, 6.07) is 3.06. The lowest BCUT2D eigenvalue weighted by Gasteiger charge is -2.36. The molecule has 0 unspecified atom stereocenters. The lowest BCUT2D eigenvalue weighted by Crippen LogP contribution is -2.49. The molecule has 0 aromatic heterocycles. The maximum atomic E-state index is 14.2. The molecule has 1 aromatic carbocycles. The number of nitrogens with zero attached hydrogens (tertiary/aromatic N) is 2. The summed E-state index contributed by atoms with van der Waals surface area (Å²) in [4.78, 5) is 15.1. The summed E-state index contributed by atoms with van der Waals surface area (Å²) in [6.45, 7) is 2.18. The van der Waals surface area contributed by atoms with E-state index in [9.17, 15) is 9.18 Å². The van der Waals surface area contributed by atoms with Gasteiger partial charge in [0.2, 0.25) is 5.91 Å². The van der Waals surface area contributed by atoms with Crippen LogP contribution in [0.2, 0.25) is 0 Å². The number of methoxy groups -OCH3 is 1. The monoisotopic (exact) mass is 334 g/mol. The van der Waals surface area contributed by atoms with E-state index < -0.39 is 0 Å². The van der Waals surface area contributed by atoms with E-state index in [-0.39, 0.29) is 23.5 Å². The van der Waals surface area contributed by atoms with Gasteiger partial charge in [-0.3, -0.25) is 4.79 Å². The number of halogens is 3. The second kappa shape index (κ2) is 7.18. The first kappa shape index (κ1) is 16.2. The van der Waals surface area contributed by atoms with Gasteiger partial charge in [0.15, 0.2) is 0 Å². The molecule has 1 aliphatic heterocycles. The van der Waals surface area contributed by atoms with Gasteiger partial charge in [-0.05, 0) is 6.07 Å². The van der Waals surface area contributed by atoms with E-state index in [1.165, 1.54) is 13.2 Å². The predicted octanol–water partition coefficient (Wildman–Crippen LogP) is 2.46. The Kier molecular flexibility index (Phi) is 5.53. The van der Waals surface area contributed by atoms with E-state index in [2.05, 4.69) is 0 Å². The topological polar surface area (TPSA) is 32.8 Å². The molecular formula is C14H17Cl2FN2O2. The van der Waals surface area contributed by atoms with Crippen LogP contribution in [0, 0.1) is 5.82 Å². The van der Waals surface area contributed by atoms with Crippen molar-refractivity contribution in [3.05, 3.63) is 23.5 Å². The summed E-state index contributed by atoms with van der Waals surface area (Å²) in [5, 5.41) is 0. The number of carbonyl (C=O) groups is 1. The first-order valence-corrected chi connectivity index (χ1v) is 7.68. The second-order valence-corrected chi connectivity index (χ2v) is 5.29. The Labute approximate surface area is 133 Å². The molecule has 116 valence electrons. The Morgan fingerprint density at radius 2 is 1.95 bits per heavy atom. The number of amides is 1. The normalized spacial score (nSPS) is 15.2. The van der Waals surface area contributed by atoms with Crippen LogP contribution in [0.25, 0.3) is 0 Å². The molecule has 0 spiro atoms. The van der Waals surface area contributed by atoms with Crippen LogP contribution in [0.4, 0.5) is 10.1 Å². The highest BCUT2D eigenvalue weighted by Crippen LogP contribution is 2.30. The van der Waals surface area contributed by atoms with Crippen molar-refractivity contribution in [2.75, 3.05) is 44.1 Å². The van der Waals surface area contributed by atoms with E-state index >= 15 is 0 Å². The summed E-state index contributed by atoms with van der Waals surface area (Å²) in [5.41, 5.74) is 1.09. The minimum atomic E-state index is -0.330. The fourth-order valence-corrected chi connectivity index (χ4v) is 2.78. The van der Waals surface area contributed by atoms with Gasteiger partial charge in [-0.25, -0.2) is 4.39 Å². The highest BCUT2D eigenvalue weighted by atomic mass is 35.5. The minimum absolute atomic E-state index is 0.0212. The first-order valence-electron chi connectivity index (χ1n) is 6.61. The molecule has 1 amide bonds. The second-order valence-electron chi connectivity index (χ2n) is 4.75. The largest absolute Gasteiger partial charge is 0.496 e. The van der Waals surface area contributed by atoms with Crippen LogP contribution in [0.3, 0.4) is 0 Å². The molecule has 0 saturated carbocycles. The van der Waals surface area contributed by atoms with Crippen molar-refractivity contribution in [1.29, 1.82) is 0 Å². The van der Waals surface area contributed by atoms with Crippen molar-refractivity contribution in [3.8, 4) is 5.75 Å². The van der Waals surface area contributed by atoms with Crippen LogP contribution < -0.4 is 9.64 Å². The summed E-state index contributed by atoms with van der Waals surface area (Å²) in [5.74, 6) is 0.321. The zero-order chi connectivity index (χ0) is 15.4. The third-order valence-electron chi connectivity index (χ3n) is 3.58. The van der Waals surface area contributed by atoms with E-state index in [4.69, 9.17) is 27.9 Å². The third-order valence-corrected chi connectivity index (χ3v) is 4.10. The number of benzene rings is 1. The number of hydrogen-bond acceptors (Lipinski definition) is 3. The molecule has 4 nitrogen and oxygen atoms in total. The molecule has 0 aliphatic carbocycles. The Hall–Kier alpha value is -1.20. The fraction of sp³-hybridized carbons (Fsp3) is 0.500. The van der Waals surface area contributed by atoms with Crippen molar-refractivity contribution >= 4 is 34.8 Å². The van der Waals surface area contributed by atoms with Crippen LogP contribution in [0.5, 0.6) is 5.75 Å². The molecule has 0 bridgehead atoms. The van der Waals surface area contributed by atoms with Gasteiger partial charge in [0.25, 0.3) is 0 Å². The van der Waals surface area contributed by atoms with Crippen molar-refractivity contribution in [3.63, 3.8) is 0 Å². The lowest BCUT2D eigenvalue weighted by molar-refractivity contribution is -0.128. The molecule has 0 radical (unpaired) electrons. The SMILES string of the molecule is COc1cc(N2CCN(C(=O)CCl)CC2)c(F)cc1CCl. The third kappa shape index (κ3) is 3.52. The van der Waals surface area contributed by atoms with Crippen LogP contribution in [-0.2, 0) is 10.7 Å². The molecule has 0 atom stereocenters. The van der Waals surface area contributed by atoms with E-state index in [0.29, 0.717) is 43.2 Å². The maximum Gasteiger partial charge on any atom is 0.237 e. The summed E-state index contributed by atoms with van der Waals surface area (Å²) >= 11 is 11.3. The average molecular weight is 335 g/mol. The Bertz CT molecular complexity index is 520. The van der Waals surface area contributed by atoms with E-state index in [0.717, 1.165) is 0 Å². The van der Waals surface area contributed by atoms with Crippen molar-refractivity contribution < 1.29 is 13.9 Å². The number of rotatable bonds is 4. The van der Waals surface area contributed by atoms with Crippen LogP contribution in [-0.4, -0.2) is 50.0 Å². The highest BCUT2D eigenvalue weighted by Gasteiger charge is 2.23. The Balaban J connectivity index is 2.15. The minimum Gasteiger partial charge on any atom is -0.496 e. The van der Waals surface area contributed by atoms with Crippen molar-refractivity contribution in [2.45, 2.75) is 5.88 Å². The molecule has 1 aromatic rings. The standard InChI is InChI=1S/C14H17Cl2FN2O2/c1-21-13-7-12(11(17)6-10(13)8-15)18-2-4-19(5-3-18)14(20)9-16/h6-7H,2-5,8-9H2,1H3. The molecule has 7 heteroatoms. The summed E-state index contributed by atoms with van der Waals surface area (Å²) in [7, 11) is 1.53. The van der Waals surface area contributed by atoms with E-state index in [1.54, 1.807) is 11.0 Å². The van der Waals surface area contributed by atoms with Gasteiger partial charge in [0, 0.05) is 37.8 Å². The number of piperazine rings is 1. The molecule has 1 saturated heterocycles. The van der Waals surface area contributed by atoms with Gasteiger partial charge in [0.05, 0.1) is 18.7 Å². The fourth-order valence-electron chi connectivity index (χ4n) is 2.40. The maximum absolute atomic E-state index is 14.2. The predicted molar refractivity (Wildman–Crippen MR) is 82.0 cm³/mol. The van der Waals surface area contributed by atoms with Crippen LogP contribution in [0.15, 0.2) is 12.1 Å². The molecule has 0 N–H and O–H groups in total. The van der Waals surface area contributed by atoms with Crippen molar-refractivity contribution in [1.82, 2.24) is 4.90 Å². The number of anilines is 1. The molecule has 1 aliphatic rings. The number of carbonyl (C=O) groups excluding carboxylic acids is 1. The quantitative estimate of drug-likeness (QED) is 0.793. The van der Waals surface area contributed by atoms with Gasteiger partial charge in [-0.15, -0.1) is 23.2 Å². The van der Waals surface area contributed by atoms with Crippen LogP contribution >= 0.6 is 23.2 Å². The molecular weight excluding hydrogens is 318 g/mol. The smallest absolute Gasteiger partial charge is 0.237 e. The lowest BCUT2D eigenvalue weighted by atomic mass is 10.1. The first-order chi connectivity index (χ1) is 10.1. The van der Waals surface area contributed by atoms with Gasteiger partial charge in [-0.1, -0.05) is 0 Å². The number of ether oxygens (including phenoxy) is 1. The molecule has 2 rings (SSSR count).